The highest BCUT2D eigenvalue weighted by Gasteiger charge is 2.52. The Hall–Kier alpha value is -0.890. The molecule has 2 fully saturated rings. The lowest BCUT2D eigenvalue weighted by Crippen LogP contribution is -2.66. The number of aliphatic hydroxyl groups is 5. The monoisotopic (exact) mass is 451 g/mol. The average Bonchev–Trinajstić information content (AvgIpc) is 2.72. The molecule has 2 saturated heterocycles. The van der Waals surface area contributed by atoms with Gasteiger partial charge in [0.1, 0.15) is 30.5 Å². The van der Waals surface area contributed by atoms with Crippen molar-refractivity contribution in [1.29, 1.82) is 0 Å². The molecule has 0 aliphatic carbocycles. The predicted molar refractivity (Wildman–Crippen MR) is 107 cm³/mol. The Morgan fingerprint density at radius 3 is 2.13 bits per heavy atom. The summed E-state index contributed by atoms with van der Waals surface area (Å²) >= 11 is 0. The van der Waals surface area contributed by atoms with E-state index in [1.54, 1.807) is 0 Å². The second kappa shape index (κ2) is 11.8. The van der Waals surface area contributed by atoms with Crippen molar-refractivity contribution < 1.29 is 49.3 Å². The van der Waals surface area contributed by atoms with E-state index >= 15 is 0 Å². The van der Waals surface area contributed by atoms with Crippen LogP contribution in [0.3, 0.4) is 0 Å². The van der Waals surface area contributed by atoms with Crippen molar-refractivity contribution in [2.45, 2.75) is 89.4 Å². The number of carbonyl (C=O) groups is 1. The van der Waals surface area contributed by atoms with Gasteiger partial charge in [0.05, 0.1) is 25.4 Å². The molecule has 11 nitrogen and oxygen atoms in total. The van der Waals surface area contributed by atoms with Crippen LogP contribution in [-0.4, -0.2) is 107 Å². The quantitative estimate of drug-likeness (QED) is 0.233. The zero-order valence-corrected chi connectivity index (χ0v) is 18.5. The lowest BCUT2D eigenvalue weighted by atomic mass is 9.79. The first-order valence-corrected chi connectivity index (χ1v) is 10.8. The van der Waals surface area contributed by atoms with E-state index in [4.69, 9.17) is 18.9 Å². The Labute approximate surface area is 182 Å². The number of carbonyl (C=O) groups excluding carboxylic acids is 1. The summed E-state index contributed by atoms with van der Waals surface area (Å²) in [7, 11) is 0. The minimum Gasteiger partial charge on any atom is -0.394 e. The summed E-state index contributed by atoms with van der Waals surface area (Å²) in [6.07, 6.45) is -9.06. The van der Waals surface area contributed by atoms with Gasteiger partial charge in [0, 0.05) is 19.4 Å². The molecule has 0 radical (unpaired) electrons. The van der Waals surface area contributed by atoms with Crippen LogP contribution in [0.25, 0.3) is 0 Å². The van der Waals surface area contributed by atoms with E-state index in [1.165, 1.54) is 6.92 Å². The van der Waals surface area contributed by atoms with Crippen molar-refractivity contribution in [3.8, 4) is 0 Å². The summed E-state index contributed by atoms with van der Waals surface area (Å²) in [5.74, 6) is -0.778. The summed E-state index contributed by atoms with van der Waals surface area (Å²) in [5, 5.41) is 52.7. The number of aliphatic hydroxyl groups excluding tert-OH is 5. The molecule has 2 aliphatic heterocycles. The summed E-state index contributed by atoms with van der Waals surface area (Å²) in [6.45, 7) is 6.51. The fourth-order valence-corrected chi connectivity index (χ4v) is 4.20. The third-order valence-corrected chi connectivity index (χ3v) is 5.71. The summed E-state index contributed by atoms with van der Waals surface area (Å²) in [6, 6.07) is -0.610. The van der Waals surface area contributed by atoms with Gasteiger partial charge in [-0.1, -0.05) is 20.8 Å². The third kappa shape index (κ3) is 6.12. The molecule has 2 heterocycles. The highest BCUT2D eigenvalue weighted by molar-refractivity contribution is 5.73. The first kappa shape index (κ1) is 26.4. The van der Waals surface area contributed by atoms with Crippen LogP contribution in [0.15, 0.2) is 0 Å². The maximum atomic E-state index is 11.9. The van der Waals surface area contributed by atoms with Crippen LogP contribution >= 0.6 is 0 Å². The molecular weight excluding hydrogens is 414 g/mol. The Balaban J connectivity index is 2.32. The van der Waals surface area contributed by atoms with Gasteiger partial charge in [-0.25, -0.2) is 0 Å². The van der Waals surface area contributed by atoms with Crippen LogP contribution in [0.1, 0.15) is 34.1 Å². The second-order valence-corrected chi connectivity index (χ2v) is 8.44. The summed E-state index contributed by atoms with van der Waals surface area (Å²) in [4.78, 5) is 11.9. The van der Waals surface area contributed by atoms with Crippen LogP contribution in [0.4, 0.5) is 0 Å². The number of nitrogens with one attached hydrogen (secondary N) is 1. The number of amides is 1. The van der Waals surface area contributed by atoms with Gasteiger partial charge in [-0.3, -0.25) is 4.79 Å². The zero-order chi connectivity index (χ0) is 23.3. The van der Waals surface area contributed by atoms with Gasteiger partial charge < -0.3 is 49.8 Å². The molecule has 0 aromatic rings. The molecule has 0 aromatic heterocycles. The van der Waals surface area contributed by atoms with E-state index in [-0.39, 0.29) is 11.8 Å². The van der Waals surface area contributed by atoms with Gasteiger partial charge in [0.15, 0.2) is 12.6 Å². The Morgan fingerprint density at radius 2 is 1.61 bits per heavy atom. The smallest absolute Gasteiger partial charge is 0.217 e. The fourth-order valence-electron chi connectivity index (χ4n) is 4.20. The van der Waals surface area contributed by atoms with E-state index in [0.717, 1.165) is 6.42 Å². The normalized spacial score (nSPS) is 41.4. The van der Waals surface area contributed by atoms with E-state index in [1.807, 2.05) is 20.8 Å². The Bertz CT molecular complexity index is 562. The van der Waals surface area contributed by atoms with Gasteiger partial charge in [-0.2, -0.15) is 0 Å². The first-order chi connectivity index (χ1) is 14.7. The molecule has 1 amide bonds. The fraction of sp³-hybridized carbons (Fsp3) is 0.950. The molecule has 182 valence electrons. The number of hydrogen-bond donors (Lipinski definition) is 6. The Kier molecular flexibility index (Phi) is 10.1. The minimum absolute atomic E-state index is 0.0718. The zero-order valence-electron chi connectivity index (χ0n) is 18.5. The molecule has 11 heteroatoms. The van der Waals surface area contributed by atoms with Crippen molar-refractivity contribution in [2.75, 3.05) is 19.8 Å². The van der Waals surface area contributed by atoms with Crippen molar-refractivity contribution in [3.05, 3.63) is 0 Å². The van der Waals surface area contributed by atoms with Crippen molar-refractivity contribution in [3.63, 3.8) is 0 Å². The SMILES string of the molecule is CCCOC1OC(CO)C(OC2OC(CO)C(O)C(O)C2O)C(C(C)C)C1NC(C)=O. The maximum absolute atomic E-state index is 11.9. The van der Waals surface area contributed by atoms with Crippen molar-refractivity contribution >= 4 is 5.91 Å². The molecule has 10 unspecified atom stereocenters. The average molecular weight is 452 g/mol. The van der Waals surface area contributed by atoms with Gasteiger partial charge in [-0.15, -0.1) is 0 Å². The van der Waals surface area contributed by atoms with E-state index < -0.39 is 74.4 Å². The van der Waals surface area contributed by atoms with Gasteiger partial charge in [0.2, 0.25) is 5.91 Å². The van der Waals surface area contributed by atoms with Crippen LogP contribution < -0.4 is 5.32 Å². The van der Waals surface area contributed by atoms with Gasteiger partial charge >= 0.3 is 0 Å². The molecule has 6 N–H and O–H groups in total. The van der Waals surface area contributed by atoms with Crippen molar-refractivity contribution in [1.82, 2.24) is 5.32 Å². The van der Waals surface area contributed by atoms with E-state index in [0.29, 0.717) is 6.61 Å². The van der Waals surface area contributed by atoms with Crippen LogP contribution in [0, 0.1) is 11.8 Å². The molecular formula is C20H37NO10. The summed E-state index contributed by atoms with van der Waals surface area (Å²) < 4.78 is 23.2. The molecule has 0 bridgehead atoms. The lowest BCUT2D eigenvalue weighted by Gasteiger charge is -2.50. The predicted octanol–water partition coefficient (Wildman–Crippen LogP) is -1.91. The molecule has 31 heavy (non-hydrogen) atoms. The summed E-state index contributed by atoms with van der Waals surface area (Å²) in [5.41, 5.74) is 0. The van der Waals surface area contributed by atoms with E-state index in [2.05, 4.69) is 5.32 Å². The van der Waals surface area contributed by atoms with Gasteiger partial charge in [-0.05, 0) is 12.3 Å². The second-order valence-electron chi connectivity index (χ2n) is 8.44. The van der Waals surface area contributed by atoms with Crippen LogP contribution in [0.2, 0.25) is 0 Å². The molecule has 0 spiro atoms. The largest absolute Gasteiger partial charge is 0.394 e. The molecule has 2 rings (SSSR count). The topological polar surface area (TPSA) is 167 Å². The van der Waals surface area contributed by atoms with E-state index in [9.17, 15) is 30.3 Å². The highest BCUT2D eigenvalue weighted by Crippen LogP contribution is 2.36. The van der Waals surface area contributed by atoms with Crippen molar-refractivity contribution in [2.24, 2.45) is 11.8 Å². The number of rotatable bonds is 9. The maximum Gasteiger partial charge on any atom is 0.217 e. The number of ether oxygens (including phenoxy) is 4. The third-order valence-electron chi connectivity index (χ3n) is 5.71. The highest BCUT2D eigenvalue weighted by atomic mass is 16.7. The number of hydrogen-bond acceptors (Lipinski definition) is 10. The molecule has 2 aliphatic rings. The molecule has 0 aromatic carbocycles. The minimum atomic E-state index is -1.60. The standard InChI is InChI=1S/C20H37NO10/c1-5-6-28-19-14(21-10(4)24)13(9(2)3)18(12(8-23)30-19)31-20-17(27)16(26)15(25)11(7-22)29-20/h9,11-20,22-23,25-27H,5-8H2,1-4H3,(H,21,24). The van der Waals surface area contributed by atoms with Gasteiger partial charge in [0.25, 0.3) is 0 Å². The molecule has 10 atom stereocenters. The molecule has 0 saturated carbocycles. The van der Waals surface area contributed by atoms with Crippen LogP contribution in [0.5, 0.6) is 0 Å². The first-order valence-electron chi connectivity index (χ1n) is 10.8. The Morgan fingerprint density at radius 1 is 1.00 bits per heavy atom. The lowest BCUT2D eigenvalue weighted by molar-refractivity contribution is -0.346. The van der Waals surface area contributed by atoms with Crippen LogP contribution in [-0.2, 0) is 23.7 Å².